The molecular weight excluding hydrogens is 352 g/mol. The number of methoxy groups -OCH3 is 1. The van der Waals surface area contributed by atoms with Crippen molar-refractivity contribution in [2.45, 2.75) is 0 Å². The molecular formula is C14H11BrN4O3. The van der Waals surface area contributed by atoms with Gasteiger partial charge in [-0.15, -0.1) is 0 Å². The average Bonchev–Trinajstić information content (AvgIpc) is 2.83. The molecule has 0 aliphatic heterocycles. The third-order valence-corrected chi connectivity index (χ3v) is 3.59. The quantitative estimate of drug-likeness (QED) is 0.666. The SMILES string of the molecule is COC(=O)c1ccc(Oc2ncnc3c2c(Br)nn3C)cc1. The number of hydrogen-bond acceptors (Lipinski definition) is 6. The summed E-state index contributed by atoms with van der Waals surface area (Å²) < 4.78 is 12.7. The molecule has 0 aliphatic carbocycles. The predicted molar refractivity (Wildman–Crippen MR) is 81.9 cm³/mol. The highest BCUT2D eigenvalue weighted by molar-refractivity contribution is 9.10. The first kappa shape index (κ1) is 14.5. The second kappa shape index (κ2) is 5.72. The number of carbonyl (C=O) groups is 1. The number of nitrogens with zero attached hydrogens (tertiary/aromatic N) is 4. The van der Waals surface area contributed by atoms with Gasteiger partial charge in [0.1, 0.15) is 22.1 Å². The number of fused-ring (bicyclic) bond motifs is 1. The number of aromatic nitrogens is 4. The van der Waals surface area contributed by atoms with Crippen molar-refractivity contribution in [1.29, 1.82) is 0 Å². The van der Waals surface area contributed by atoms with Crippen molar-refractivity contribution < 1.29 is 14.3 Å². The average molecular weight is 363 g/mol. The van der Waals surface area contributed by atoms with E-state index < -0.39 is 5.97 Å². The van der Waals surface area contributed by atoms with Gasteiger partial charge in [0, 0.05) is 7.05 Å². The van der Waals surface area contributed by atoms with Crippen LogP contribution in [0.5, 0.6) is 11.6 Å². The van der Waals surface area contributed by atoms with Crippen LogP contribution in [0.25, 0.3) is 11.0 Å². The van der Waals surface area contributed by atoms with Crippen LogP contribution in [0.2, 0.25) is 0 Å². The molecule has 0 bridgehead atoms. The van der Waals surface area contributed by atoms with E-state index in [-0.39, 0.29) is 0 Å². The van der Waals surface area contributed by atoms with Gasteiger partial charge in [-0.3, -0.25) is 0 Å². The van der Waals surface area contributed by atoms with Gasteiger partial charge in [-0.05, 0) is 40.2 Å². The monoisotopic (exact) mass is 362 g/mol. The lowest BCUT2D eigenvalue weighted by atomic mass is 10.2. The van der Waals surface area contributed by atoms with Crippen LogP contribution >= 0.6 is 15.9 Å². The van der Waals surface area contributed by atoms with Gasteiger partial charge in [0.15, 0.2) is 5.65 Å². The molecule has 0 spiro atoms. The van der Waals surface area contributed by atoms with Crippen LogP contribution in [0.3, 0.4) is 0 Å². The standard InChI is InChI=1S/C14H11BrN4O3/c1-19-12-10(11(15)18-19)13(17-7-16-12)22-9-5-3-8(4-6-9)14(20)21-2/h3-7H,1-2H3. The minimum atomic E-state index is -0.397. The summed E-state index contributed by atoms with van der Waals surface area (Å²) in [4.78, 5) is 19.7. The number of esters is 1. The molecule has 3 rings (SSSR count). The molecule has 0 radical (unpaired) electrons. The van der Waals surface area contributed by atoms with Crippen LogP contribution in [0.4, 0.5) is 0 Å². The van der Waals surface area contributed by atoms with E-state index in [1.165, 1.54) is 13.4 Å². The van der Waals surface area contributed by atoms with E-state index in [1.807, 2.05) is 0 Å². The van der Waals surface area contributed by atoms with Crippen molar-refractivity contribution in [3.63, 3.8) is 0 Å². The predicted octanol–water partition coefficient (Wildman–Crippen LogP) is 2.70. The molecule has 0 unspecified atom stereocenters. The highest BCUT2D eigenvalue weighted by Crippen LogP contribution is 2.31. The summed E-state index contributed by atoms with van der Waals surface area (Å²) in [5, 5.41) is 4.91. The number of carbonyl (C=O) groups excluding carboxylic acids is 1. The summed E-state index contributed by atoms with van der Waals surface area (Å²) in [5.41, 5.74) is 1.10. The summed E-state index contributed by atoms with van der Waals surface area (Å²) in [6, 6.07) is 6.59. The lowest BCUT2D eigenvalue weighted by molar-refractivity contribution is 0.0600. The Morgan fingerprint density at radius 1 is 1.23 bits per heavy atom. The van der Waals surface area contributed by atoms with Crippen molar-refractivity contribution in [3.05, 3.63) is 40.8 Å². The largest absolute Gasteiger partial charge is 0.465 e. The fraction of sp³-hybridized carbons (Fsp3) is 0.143. The number of halogens is 1. The maximum atomic E-state index is 11.4. The fourth-order valence-electron chi connectivity index (χ4n) is 1.98. The third-order valence-electron chi connectivity index (χ3n) is 3.03. The summed E-state index contributed by atoms with van der Waals surface area (Å²) in [6.07, 6.45) is 1.41. The van der Waals surface area contributed by atoms with Gasteiger partial charge in [0.2, 0.25) is 5.88 Å². The second-order valence-electron chi connectivity index (χ2n) is 4.41. The van der Waals surface area contributed by atoms with Crippen molar-refractivity contribution in [2.75, 3.05) is 7.11 Å². The fourth-order valence-corrected chi connectivity index (χ4v) is 2.57. The summed E-state index contributed by atoms with van der Waals surface area (Å²) in [5.74, 6) is 0.533. The zero-order chi connectivity index (χ0) is 15.7. The number of ether oxygens (including phenoxy) is 2. The zero-order valence-corrected chi connectivity index (χ0v) is 13.4. The van der Waals surface area contributed by atoms with E-state index in [0.717, 1.165) is 0 Å². The molecule has 0 atom stereocenters. The second-order valence-corrected chi connectivity index (χ2v) is 5.16. The first-order valence-corrected chi connectivity index (χ1v) is 7.09. The van der Waals surface area contributed by atoms with Gasteiger partial charge < -0.3 is 9.47 Å². The molecule has 3 aromatic rings. The molecule has 0 fully saturated rings. The van der Waals surface area contributed by atoms with E-state index in [0.29, 0.717) is 32.8 Å². The highest BCUT2D eigenvalue weighted by Gasteiger charge is 2.15. The van der Waals surface area contributed by atoms with E-state index in [4.69, 9.17) is 4.74 Å². The van der Waals surface area contributed by atoms with Gasteiger partial charge in [-0.2, -0.15) is 5.10 Å². The Bertz CT molecular complexity index is 845. The maximum absolute atomic E-state index is 11.4. The molecule has 1 aromatic carbocycles. The Hall–Kier alpha value is -2.48. The van der Waals surface area contributed by atoms with Crippen molar-refractivity contribution in [3.8, 4) is 11.6 Å². The lowest BCUT2D eigenvalue weighted by Crippen LogP contribution is -2.00. The smallest absolute Gasteiger partial charge is 0.337 e. The molecule has 0 N–H and O–H groups in total. The van der Waals surface area contributed by atoms with Crippen LogP contribution in [-0.4, -0.2) is 32.8 Å². The van der Waals surface area contributed by atoms with Crippen LogP contribution in [0.15, 0.2) is 35.2 Å². The maximum Gasteiger partial charge on any atom is 0.337 e. The van der Waals surface area contributed by atoms with Crippen LogP contribution in [0, 0.1) is 0 Å². The van der Waals surface area contributed by atoms with E-state index in [9.17, 15) is 4.79 Å². The number of hydrogen-bond donors (Lipinski definition) is 0. The van der Waals surface area contributed by atoms with Crippen molar-refractivity contribution in [2.24, 2.45) is 7.05 Å². The minimum Gasteiger partial charge on any atom is -0.465 e. The normalized spacial score (nSPS) is 10.7. The van der Waals surface area contributed by atoms with Crippen LogP contribution in [0.1, 0.15) is 10.4 Å². The third kappa shape index (κ3) is 2.52. The number of aryl methyl sites for hydroxylation is 1. The molecule has 112 valence electrons. The molecule has 2 heterocycles. The van der Waals surface area contributed by atoms with Crippen molar-refractivity contribution in [1.82, 2.24) is 19.7 Å². The van der Waals surface area contributed by atoms with Crippen molar-refractivity contribution >= 4 is 32.9 Å². The molecule has 2 aromatic heterocycles. The highest BCUT2D eigenvalue weighted by atomic mass is 79.9. The van der Waals surface area contributed by atoms with Gasteiger partial charge in [0.25, 0.3) is 0 Å². The summed E-state index contributed by atoms with van der Waals surface area (Å²) in [7, 11) is 3.12. The Morgan fingerprint density at radius 3 is 2.64 bits per heavy atom. The Labute approximate surface area is 134 Å². The topological polar surface area (TPSA) is 79.1 Å². The summed E-state index contributed by atoms with van der Waals surface area (Å²) >= 11 is 3.37. The Balaban J connectivity index is 1.95. The van der Waals surface area contributed by atoms with E-state index in [1.54, 1.807) is 36.0 Å². The van der Waals surface area contributed by atoms with Crippen LogP contribution < -0.4 is 4.74 Å². The molecule has 0 saturated heterocycles. The van der Waals surface area contributed by atoms with Gasteiger partial charge in [-0.25, -0.2) is 19.4 Å². The molecule has 22 heavy (non-hydrogen) atoms. The molecule has 8 heteroatoms. The van der Waals surface area contributed by atoms with Gasteiger partial charge >= 0.3 is 5.97 Å². The lowest BCUT2D eigenvalue weighted by Gasteiger charge is -2.06. The Morgan fingerprint density at radius 2 is 1.95 bits per heavy atom. The molecule has 7 nitrogen and oxygen atoms in total. The van der Waals surface area contributed by atoms with E-state index >= 15 is 0 Å². The summed E-state index contributed by atoms with van der Waals surface area (Å²) in [6.45, 7) is 0. The minimum absolute atomic E-state index is 0.385. The van der Waals surface area contributed by atoms with Gasteiger partial charge in [0.05, 0.1) is 12.7 Å². The van der Waals surface area contributed by atoms with Crippen LogP contribution in [-0.2, 0) is 11.8 Å². The van der Waals surface area contributed by atoms with E-state index in [2.05, 4.69) is 35.7 Å². The molecule has 0 aliphatic rings. The number of rotatable bonds is 3. The molecule has 0 saturated carbocycles. The zero-order valence-electron chi connectivity index (χ0n) is 11.8. The molecule has 0 amide bonds. The first-order chi connectivity index (χ1) is 10.6. The number of benzene rings is 1. The first-order valence-electron chi connectivity index (χ1n) is 6.29. The Kier molecular flexibility index (Phi) is 3.76. The van der Waals surface area contributed by atoms with Gasteiger partial charge in [-0.1, -0.05) is 0 Å².